The van der Waals surface area contributed by atoms with Gasteiger partial charge in [-0.3, -0.25) is 35.1 Å². The van der Waals surface area contributed by atoms with Gasteiger partial charge in [-0.25, -0.2) is 4.39 Å². The van der Waals surface area contributed by atoms with E-state index in [2.05, 4.69) is 21.2 Å². The Balaban J connectivity index is 1.29. The van der Waals surface area contributed by atoms with Crippen molar-refractivity contribution in [2.24, 2.45) is 0 Å². The number of pyridine rings is 1. The van der Waals surface area contributed by atoms with Crippen molar-refractivity contribution in [2.75, 3.05) is 6.54 Å². The van der Waals surface area contributed by atoms with E-state index in [0.717, 1.165) is 15.8 Å². The molecule has 0 unspecified atom stereocenters. The van der Waals surface area contributed by atoms with Gasteiger partial charge in [-0.1, -0.05) is 48.5 Å². The highest BCUT2D eigenvalue weighted by molar-refractivity contribution is 7.80. The number of carbonyl (C=O) groups is 3. The van der Waals surface area contributed by atoms with Gasteiger partial charge >= 0.3 is 0 Å². The number of imide groups is 1. The van der Waals surface area contributed by atoms with Crippen LogP contribution in [0.25, 0.3) is 10.8 Å². The molecule has 10 heteroatoms. The fraction of sp³-hybridized carbons (Fsp3) is 0.107. The van der Waals surface area contributed by atoms with E-state index in [1.807, 2.05) is 24.3 Å². The third-order valence-corrected chi connectivity index (χ3v) is 6.41. The molecule has 190 valence electrons. The van der Waals surface area contributed by atoms with Crippen molar-refractivity contribution in [3.8, 4) is 0 Å². The van der Waals surface area contributed by atoms with Gasteiger partial charge in [-0.15, -0.1) is 0 Å². The van der Waals surface area contributed by atoms with Crippen LogP contribution in [0, 0.1) is 5.82 Å². The predicted octanol–water partition coefficient (Wildman–Crippen LogP) is 3.39. The fourth-order valence-corrected chi connectivity index (χ4v) is 4.60. The molecule has 4 aromatic rings. The first-order valence-electron chi connectivity index (χ1n) is 11.8. The van der Waals surface area contributed by atoms with Crippen LogP contribution in [0.5, 0.6) is 0 Å². The summed E-state index contributed by atoms with van der Waals surface area (Å²) in [5.41, 5.74) is 6.89. The summed E-state index contributed by atoms with van der Waals surface area (Å²) in [5, 5.41) is 4.69. The maximum Gasteiger partial charge on any atom is 0.288 e. The van der Waals surface area contributed by atoms with E-state index in [1.165, 1.54) is 12.1 Å². The Morgan fingerprint density at radius 2 is 1.55 bits per heavy atom. The highest BCUT2D eigenvalue weighted by Gasteiger charge is 2.36. The molecular formula is C28H22FN5O3S. The molecule has 0 aliphatic carbocycles. The number of fused-ring (bicyclic) bond motifs is 2. The minimum absolute atomic E-state index is 0.00433. The molecule has 1 aromatic heterocycles. The number of rotatable bonds is 6. The van der Waals surface area contributed by atoms with Crippen LogP contribution in [0.1, 0.15) is 36.8 Å². The van der Waals surface area contributed by atoms with Crippen molar-refractivity contribution in [3.05, 3.63) is 113 Å². The van der Waals surface area contributed by atoms with Crippen LogP contribution >= 0.6 is 12.2 Å². The van der Waals surface area contributed by atoms with Gasteiger partial charge in [0.15, 0.2) is 5.11 Å². The van der Waals surface area contributed by atoms with Crippen LogP contribution in [0.2, 0.25) is 0 Å². The van der Waals surface area contributed by atoms with Gasteiger partial charge < -0.3 is 5.32 Å². The number of carbonyl (C=O) groups excluding carboxylic acids is 3. The lowest BCUT2D eigenvalue weighted by atomic mass is 10.1. The molecule has 1 aliphatic heterocycles. The minimum atomic E-state index is -0.532. The lowest BCUT2D eigenvalue weighted by Crippen LogP contribution is -2.53. The molecule has 3 aromatic carbocycles. The van der Waals surface area contributed by atoms with E-state index < -0.39 is 23.8 Å². The third kappa shape index (κ3) is 5.21. The highest BCUT2D eigenvalue weighted by atomic mass is 32.1. The largest absolute Gasteiger partial charge is 0.356 e. The molecular weight excluding hydrogens is 505 g/mol. The van der Waals surface area contributed by atoms with Crippen LogP contribution in [-0.4, -0.2) is 45.3 Å². The number of hydrogen-bond acceptors (Lipinski definition) is 5. The fourth-order valence-electron chi connectivity index (χ4n) is 4.39. The zero-order valence-electron chi connectivity index (χ0n) is 20.0. The standard InChI is InChI=1S/C28H22FN5O3S/c29-19-11-9-17(10-12-19)15-20(16-34-26(36)22-7-3-4-8-23(22)27(34)37)31-28(38)33-32-25(35)24-21-6-2-1-5-18(21)13-14-30-24/h1-14,20H,15-16H2,(H,32,35)(H2,31,33,38)/t20-/m0/s1. The number of halogens is 1. The third-order valence-electron chi connectivity index (χ3n) is 6.19. The average Bonchev–Trinajstić information content (AvgIpc) is 3.17. The predicted molar refractivity (Wildman–Crippen MR) is 144 cm³/mol. The topological polar surface area (TPSA) is 103 Å². The zero-order chi connectivity index (χ0) is 26.6. The Bertz CT molecular complexity index is 1520. The van der Waals surface area contributed by atoms with E-state index in [9.17, 15) is 18.8 Å². The summed E-state index contributed by atoms with van der Waals surface area (Å²) < 4.78 is 13.4. The van der Waals surface area contributed by atoms with Crippen LogP contribution in [0.4, 0.5) is 4.39 Å². The lowest BCUT2D eigenvalue weighted by Gasteiger charge is -2.25. The molecule has 0 saturated heterocycles. The molecule has 38 heavy (non-hydrogen) atoms. The molecule has 5 rings (SSSR count). The molecule has 0 radical (unpaired) electrons. The van der Waals surface area contributed by atoms with E-state index in [0.29, 0.717) is 22.9 Å². The minimum Gasteiger partial charge on any atom is -0.356 e. The number of benzene rings is 3. The van der Waals surface area contributed by atoms with Crippen molar-refractivity contribution in [1.29, 1.82) is 0 Å². The van der Waals surface area contributed by atoms with Crippen molar-refractivity contribution in [3.63, 3.8) is 0 Å². The molecule has 3 amide bonds. The number of amides is 3. The molecule has 0 bridgehead atoms. The van der Waals surface area contributed by atoms with E-state index in [1.54, 1.807) is 48.7 Å². The number of nitrogens with zero attached hydrogens (tertiary/aromatic N) is 2. The van der Waals surface area contributed by atoms with Gasteiger partial charge in [0.1, 0.15) is 11.5 Å². The first-order valence-corrected chi connectivity index (χ1v) is 12.2. The summed E-state index contributed by atoms with van der Waals surface area (Å²) in [5.74, 6) is -1.65. The summed E-state index contributed by atoms with van der Waals surface area (Å²) in [6.07, 6.45) is 1.88. The maximum atomic E-state index is 13.4. The Labute approximate surface area is 222 Å². The molecule has 0 fully saturated rings. The quantitative estimate of drug-likeness (QED) is 0.201. The Morgan fingerprint density at radius 1 is 0.895 bits per heavy atom. The number of nitrogens with one attached hydrogen (secondary N) is 3. The van der Waals surface area contributed by atoms with Gasteiger partial charge in [-0.05, 0) is 59.9 Å². The first kappa shape index (κ1) is 25.0. The second-order valence-corrected chi connectivity index (χ2v) is 9.14. The summed E-state index contributed by atoms with van der Waals surface area (Å²) in [7, 11) is 0. The van der Waals surface area contributed by atoms with Gasteiger partial charge in [-0.2, -0.15) is 0 Å². The normalized spacial score (nSPS) is 13.2. The number of hydrogen-bond donors (Lipinski definition) is 3. The smallest absolute Gasteiger partial charge is 0.288 e. The molecule has 0 saturated carbocycles. The summed E-state index contributed by atoms with van der Waals surface area (Å²) in [6.45, 7) is 0.00433. The molecule has 3 N–H and O–H groups in total. The highest BCUT2D eigenvalue weighted by Crippen LogP contribution is 2.23. The first-order chi connectivity index (χ1) is 18.4. The summed E-state index contributed by atoms with van der Waals surface area (Å²) in [6, 6.07) is 21.2. The number of aromatic nitrogens is 1. The van der Waals surface area contributed by atoms with Crippen LogP contribution < -0.4 is 16.2 Å². The van der Waals surface area contributed by atoms with Crippen LogP contribution in [0.3, 0.4) is 0 Å². The second-order valence-electron chi connectivity index (χ2n) is 8.73. The Kier molecular flexibility index (Phi) is 7.05. The second kappa shape index (κ2) is 10.7. The number of thiocarbonyl (C=S) groups is 1. The van der Waals surface area contributed by atoms with Crippen molar-refractivity contribution < 1.29 is 18.8 Å². The number of hydrazine groups is 1. The van der Waals surface area contributed by atoms with Crippen LogP contribution in [-0.2, 0) is 6.42 Å². The summed E-state index contributed by atoms with van der Waals surface area (Å²) >= 11 is 5.39. The summed E-state index contributed by atoms with van der Waals surface area (Å²) in [4.78, 5) is 44.0. The molecule has 1 atom stereocenters. The van der Waals surface area contributed by atoms with Crippen molar-refractivity contribution >= 4 is 45.8 Å². The Hall–Kier alpha value is -4.70. The van der Waals surface area contributed by atoms with Gasteiger partial charge in [0.2, 0.25) is 0 Å². The van der Waals surface area contributed by atoms with E-state index >= 15 is 0 Å². The molecule has 8 nitrogen and oxygen atoms in total. The van der Waals surface area contributed by atoms with E-state index in [-0.39, 0.29) is 23.2 Å². The van der Waals surface area contributed by atoms with Gasteiger partial charge in [0, 0.05) is 18.1 Å². The van der Waals surface area contributed by atoms with E-state index in [4.69, 9.17) is 12.2 Å². The van der Waals surface area contributed by atoms with Crippen molar-refractivity contribution in [1.82, 2.24) is 26.1 Å². The Morgan fingerprint density at radius 3 is 2.26 bits per heavy atom. The maximum absolute atomic E-state index is 13.4. The van der Waals surface area contributed by atoms with Crippen LogP contribution in [0.15, 0.2) is 85.1 Å². The molecule has 1 aliphatic rings. The SMILES string of the molecule is O=C(NNC(=S)N[C@@H](Cc1ccc(F)cc1)CN1C(=O)c2ccccc2C1=O)c1nccc2ccccc12. The molecule has 0 spiro atoms. The monoisotopic (exact) mass is 527 g/mol. The lowest BCUT2D eigenvalue weighted by molar-refractivity contribution is 0.0641. The van der Waals surface area contributed by atoms with Gasteiger partial charge in [0.05, 0.1) is 17.2 Å². The van der Waals surface area contributed by atoms with Gasteiger partial charge in [0.25, 0.3) is 17.7 Å². The average molecular weight is 528 g/mol. The van der Waals surface area contributed by atoms with Crippen molar-refractivity contribution in [2.45, 2.75) is 12.5 Å². The zero-order valence-corrected chi connectivity index (χ0v) is 20.8. The molecule has 2 heterocycles.